The average molecular weight is 449 g/mol. The number of urea groups is 1. The van der Waals surface area contributed by atoms with Gasteiger partial charge >= 0.3 is 6.03 Å². The molecule has 0 bridgehead atoms. The number of carbonyl (C=O) groups is 2. The predicted octanol–water partition coefficient (Wildman–Crippen LogP) is 5.02. The van der Waals surface area contributed by atoms with Crippen LogP contribution in [0.2, 0.25) is 5.02 Å². The molecule has 1 saturated heterocycles. The minimum absolute atomic E-state index is 0.169. The van der Waals surface area contributed by atoms with E-state index >= 15 is 0 Å². The van der Waals surface area contributed by atoms with Crippen LogP contribution in [0.3, 0.4) is 0 Å². The normalized spacial score (nSPS) is 14.6. The Hall–Kier alpha value is -3.77. The summed E-state index contributed by atoms with van der Waals surface area (Å²) in [7, 11) is 1.52. The first-order chi connectivity index (χ1) is 15.5. The van der Waals surface area contributed by atoms with Crippen LogP contribution in [0.15, 0.2) is 78.5 Å². The lowest BCUT2D eigenvalue weighted by atomic mass is 10.1. The molecule has 4 rings (SSSR count). The van der Waals surface area contributed by atoms with Crippen molar-refractivity contribution in [3.63, 3.8) is 0 Å². The van der Waals surface area contributed by atoms with Crippen molar-refractivity contribution in [2.75, 3.05) is 7.11 Å². The molecule has 3 aromatic rings. The van der Waals surface area contributed by atoms with E-state index in [1.807, 2.05) is 60.7 Å². The van der Waals surface area contributed by atoms with E-state index in [4.69, 9.17) is 21.1 Å². The van der Waals surface area contributed by atoms with E-state index < -0.39 is 11.9 Å². The topological polar surface area (TPSA) is 67.9 Å². The van der Waals surface area contributed by atoms with Crippen molar-refractivity contribution in [2.24, 2.45) is 0 Å². The van der Waals surface area contributed by atoms with E-state index in [0.29, 0.717) is 28.7 Å². The SMILES string of the molecule is COc1cc(/C=C2\NC(=O)N(Cc3ccccc3)C2=O)cc(Cl)c1OCc1ccccc1. The van der Waals surface area contributed by atoms with Crippen LogP contribution in [0.4, 0.5) is 4.79 Å². The number of hydrogen-bond acceptors (Lipinski definition) is 4. The maximum Gasteiger partial charge on any atom is 0.329 e. The van der Waals surface area contributed by atoms with Gasteiger partial charge in [-0.05, 0) is 34.9 Å². The first kappa shape index (κ1) is 21.5. The van der Waals surface area contributed by atoms with Crippen LogP contribution in [0.25, 0.3) is 6.08 Å². The van der Waals surface area contributed by atoms with Crippen LogP contribution in [-0.4, -0.2) is 23.9 Å². The number of hydrogen-bond donors (Lipinski definition) is 1. The zero-order valence-electron chi connectivity index (χ0n) is 17.4. The van der Waals surface area contributed by atoms with E-state index in [1.54, 1.807) is 18.2 Å². The summed E-state index contributed by atoms with van der Waals surface area (Å²) in [5.41, 5.74) is 2.63. The van der Waals surface area contributed by atoms with Crippen LogP contribution < -0.4 is 14.8 Å². The second kappa shape index (κ2) is 9.58. The molecular formula is C25H21ClN2O4. The Balaban J connectivity index is 1.54. The fraction of sp³-hybridized carbons (Fsp3) is 0.120. The molecule has 162 valence electrons. The number of carbonyl (C=O) groups excluding carboxylic acids is 2. The van der Waals surface area contributed by atoms with Crippen LogP contribution in [0.5, 0.6) is 11.5 Å². The van der Waals surface area contributed by atoms with Gasteiger partial charge in [0.25, 0.3) is 5.91 Å². The van der Waals surface area contributed by atoms with Crippen LogP contribution >= 0.6 is 11.6 Å². The van der Waals surface area contributed by atoms with Gasteiger partial charge in [0.15, 0.2) is 11.5 Å². The summed E-state index contributed by atoms with van der Waals surface area (Å²) < 4.78 is 11.3. The second-order valence-corrected chi connectivity index (χ2v) is 7.58. The minimum atomic E-state index is -0.467. The number of nitrogens with zero attached hydrogens (tertiary/aromatic N) is 1. The molecule has 0 unspecified atom stereocenters. The first-order valence-corrected chi connectivity index (χ1v) is 10.4. The van der Waals surface area contributed by atoms with E-state index in [2.05, 4.69) is 5.32 Å². The van der Waals surface area contributed by atoms with E-state index in [-0.39, 0.29) is 12.2 Å². The molecule has 0 saturated carbocycles. The molecular weight excluding hydrogens is 428 g/mol. The van der Waals surface area contributed by atoms with Crippen molar-refractivity contribution in [3.8, 4) is 11.5 Å². The third-order valence-electron chi connectivity index (χ3n) is 4.93. The van der Waals surface area contributed by atoms with Gasteiger partial charge in [0, 0.05) is 0 Å². The van der Waals surface area contributed by atoms with Crippen molar-refractivity contribution in [3.05, 3.63) is 100 Å². The van der Waals surface area contributed by atoms with Crippen molar-refractivity contribution in [2.45, 2.75) is 13.2 Å². The molecule has 0 aromatic heterocycles. The van der Waals surface area contributed by atoms with Crippen LogP contribution in [0.1, 0.15) is 16.7 Å². The highest BCUT2D eigenvalue weighted by atomic mass is 35.5. The van der Waals surface area contributed by atoms with Gasteiger partial charge in [-0.25, -0.2) is 4.79 Å². The average Bonchev–Trinajstić information content (AvgIpc) is 3.06. The van der Waals surface area contributed by atoms with Crippen molar-refractivity contribution < 1.29 is 19.1 Å². The molecule has 7 heteroatoms. The van der Waals surface area contributed by atoms with Gasteiger partial charge in [-0.2, -0.15) is 0 Å². The highest BCUT2D eigenvalue weighted by Gasteiger charge is 2.33. The molecule has 32 heavy (non-hydrogen) atoms. The van der Waals surface area contributed by atoms with Gasteiger partial charge in [0.1, 0.15) is 12.3 Å². The molecule has 3 aromatic carbocycles. The second-order valence-electron chi connectivity index (χ2n) is 7.17. The summed E-state index contributed by atoms with van der Waals surface area (Å²) in [5, 5.41) is 2.96. The lowest BCUT2D eigenvalue weighted by molar-refractivity contribution is -0.123. The Kier molecular flexibility index (Phi) is 6.42. The molecule has 0 aliphatic carbocycles. The molecule has 0 radical (unpaired) electrons. The molecule has 0 atom stereocenters. The van der Waals surface area contributed by atoms with Crippen LogP contribution in [-0.2, 0) is 17.9 Å². The Bertz CT molecular complexity index is 1160. The number of benzene rings is 3. The predicted molar refractivity (Wildman–Crippen MR) is 122 cm³/mol. The summed E-state index contributed by atoms with van der Waals surface area (Å²) in [4.78, 5) is 26.3. The zero-order valence-corrected chi connectivity index (χ0v) is 18.1. The molecule has 3 amide bonds. The Labute approximate surface area is 191 Å². The largest absolute Gasteiger partial charge is 0.493 e. The molecule has 1 fully saturated rings. The summed E-state index contributed by atoms with van der Waals surface area (Å²) in [6.07, 6.45) is 1.57. The zero-order chi connectivity index (χ0) is 22.5. The lowest BCUT2D eigenvalue weighted by Gasteiger charge is -2.13. The van der Waals surface area contributed by atoms with E-state index in [1.165, 1.54) is 7.11 Å². The molecule has 1 N–H and O–H groups in total. The highest BCUT2D eigenvalue weighted by molar-refractivity contribution is 6.32. The molecule has 1 aliphatic rings. The molecule has 1 heterocycles. The third-order valence-corrected chi connectivity index (χ3v) is 5.22. The Morgan fingerprint density at radius 2 is 1.62 bits per heavy atom. The molecule has 0 spiro atoms. The van der Waals surface area contributed by atoms with Crippen molar-refractivity contribution >= 4 is 29.6 Å². The van der Waals surface area contributed by atoms with Crippen molar-refractivity contribution in [1.29, 1.82) is 0 Å². The highest BCUT2D eigenvalue weighted by Crippen LogP contribution is 2.37. The number of methoxy groups -OCH3 is 1. The van der Waals surface area contributed by atoms with Gasteiger partial charge in [0.2, 0.25) is 0 Å². The Morgan fingerprint density at radius 1 is 0.969 bits per heavy atom. The maximum atomic E-state index is 12.8. The quantitative estimate of drug-likeness (QED) is 0.407. The third kappa shape index (κ3) is 4.76. The maximum absolute atomic E-state index is 12.8. The van der Waals surface area contributed by atoms with E-state index in [9.17, 15) is 9.59 Å². The summed E-state index contributed by atoms with van der Waals surface area (Å²) in [5.74, 6) is 0.434. The number of amides is 3. The van der Waals surface area contributed by atoms with Gasteiger partial charge in [-0.1, -0.05) is 72.3 Å². The lowest BCUT2D eigenvalue weighted by Crippen LogP contribution is -2.30. The number of halogens is 1. The standard InChI is InChI=1S/C25H21ClN2O4/c1-31-22-14-19(12-20(26)23(22)32-16-18-10-6-3-7-11-18)13-21-24(29)28(25(30)27-21)15-17-8-4-2-5-9-17/h2-14H,15-16H2,1H3,(H,27,30)/b21-13-. The molecule has 6 nitrogen and oxygen atoms in total. The monoisotopic (exact) mass is 448 g/mol. The number of nitrogens with one attached hydrogen (secondary N) is 1. The smallest absolute Gasteiger partial charge is 0.329 e. The fourth-order valence-electron chi connectivity index (χ4n) is 3.34. The number of rotatable bonds is 7. The van der Waals surface area contributed by atoms with E-state index in [0.717, 1.165) is 16.0 Å². The summed E-state index contributed by atoms with van der Waals surface area (Å²) in [6.45, 7) is 0.527. The summed E-state index contributed by atoms with van der Waals surface area (Å²) in [6, 6.07) is 21.9. The minimum Gasteiger partial charge on any atom is -0.493 e. The number of ether oxygens (including phenoxy) is 2. The Morgan fingerprint density at radius 3 is 2.28 bits per heavy atom. The van der Waals surface area contributed by atoms with Crippen molar-refractivity contribution in [1.82, 2.24) is 10.2 Å². The van der Waals surface area contributed by atoms with Gasteiger partial charge in [-0.15, -0.1) is 0 Å². The van der Waals surface area contributed by atoms with Gasteiger partial charge in [-0.3, -0.25) is 9.69 Å². The first-order valence-electron chi connectivity index (χ1n) is 9.98. The van der Waals surface area contributed by atoms with Crippen LogP contribution in [0, 0.1) is 0 Å². The molecule has 1 aliphatic heterocycles. The summed E-state index contributed by atoms with van der Waals surface area (Å²) >= 11 is 6.45. The number of imide groups is 1. The fourth-order valence-corrected chi connectivity index (χ4v) is 3.61. The van der Waals surface area contributed by atoms with Gasteiger partial charge in [0.05, 0.1) is 18.7 Å². The van der Waals surface area contributed by atoms with Gasteiger partial charge < -0.3 is 14.8 Å².